The van der Waals surface area contributed by atoms with Crippen molar-refractivity contribution in [2.45, 2.75) is 17.4 Å². The van der Waals surface area contributed by atoms with E-state index >= 15 is 0 Å². The monoisotopic (exact) mass is 354 g/mol. The minimum absolute atomic E-state index is 0.205. The summed E-state index contributed by atoms with van der Waals surface area (Å²) < 4.78 is 25.5. The number of benzene rings is 2. The van der Waals surface area contributed by atoms with Crippen LogP contribution in [0.1, 0.15) is 12.5 Å². The zero-order valence-corrected chi connectivity index (χ0v) is 13.4. The van der Waals surface area contributed by atoms with Gasteiger partial charge in [-0.05, 0) is 36.8 Å². The largest absolute Gasteiger partial charge is 0.384 e. The number of rotatable bonds is 4. The van der Waals surface area contributed by atoms with Crippen LogP contribution in [0.25, 0.3) is 0 Å². The van der Waals surface area contributed by atoms with Crippen LogP contribution in [0.3, 0.4) is 0 Å². The highest BCUT2D eigenvalue weighted by atomic mass is 79.9. The second-order valence-electron chi connectivity index (χ2n) is 4.85. The summed E-state index contributed by atoms with van der Waals surface area (Å²) in [6.07, 6.45) is 0. The van der Waals surface area contributed by atoms with Crippen LogP contribution in [0.4, 0.5) is 0 Å². The molecule has 0 fully saturated rings. The van der Waals surface area contributed by atoms with Gasteiger partial charge in [-0.15, -0.1) is 0 Å². The van der Waals surface area contributed by atoms with Crippen molar-refractivity contribution >= 4 is 25.8 Å². The van der Waals surface area contributed by atoms with E-state index in [1.165, 1.54) is 19.1 Å². The van der Waals surface area contributed by atoms with E-state index in [4.69, 9.17) is 0 Å². The summed E-state index contributed by atoms with van der Waals surface area (Å²) in [4.78, 5) is 0.205. The van der Waals surface area contributed by atoms with Crippen molar-refractivity contribution in [2.75, 3.05) is 5.75 Å². The van der Waals surface area contributed by atoms with Crippen LogP contribution in [0.15, 0.2) is 64.0 Å². The zero-order valence-electron chi connectivity index (χ0n) is 11.0. The van der Waals surface area contributed by atoms with E-state index in [1.54, 1.807) is 36.4 Å². The Hall–Kier alpha value is -1.17. The summed E-state index contributed by atoms with van der Waals surface area (Å²) in [5, 5.41) is 10.4. The molecule has 2 aromatic rings. The van der Waals surface area contributed by atoms with Gasteiger partial charge >= 0.3 is 0 Å². The second kappa shape index (κ2) is 5.68. The SMILES string of the molecule is C[C@@](O)(CS(=O)(=O)c1ccc(Br)cc1)c1ccccc1. The molecule has 20 heavy (non-hydrogen) atoms. The van der Waals surface area contributed by atoms with Gasteiger partial charge in [-0.3, -0.25) is 0 Å². The van der Waals surface area contributed by atoms with Crippen molar-refractivity contribution < 1.29 is 13.5 Å². The third-order valence-electron chi connectivity index (χ3n) is 3.04. The molecule has 0 bridgehead atoms. The number of halogens is 1. The maximum absolute atomic E-state index is 12.4. The van der Waals surface area contributed by atoms with Gasteiger partial charge in [-0.1, -0.05) is 46.3 Å². The number of hydrogen-bond acceptors (Lipinski definition) is 3. The number of sulfone groups is 1. The molecule has 0 aromatic heterocycles. The van der Waals surface area contributed by atoms with Gasteiger partial charge < -0.3 is 5.11 Å². The maximum atomic E-state index is 12.4. The highest BCUT2D eigenvalue weighted by Gasteiger charge is 2.31. The lowest BCUT2D eigenvalue weighted by molar-refractivity contribution is 0.0819. The van der Waals surface area contributed by atoms with Gasteiger partial charge in [-0.2, -0.15) is 0 Å². The van der Waals surface area contributed by atoms with Crippen molar-refractivity contribution in [1.82, 2.24) is 0 Å². The Morgan fingerprint density at radius 2 is 1.60 bits per heavy atom. The maximum Gasteiger partial charge on any atom is 0.181 e. The Morgan fingerprint density at radius 1 is 1.05 bits per heavy atom. The van der Waals surface area contributed by atoms with Crippen LogP contribution in [-0.2, 0) is 15.4 Å². The molecule has 2 rings (SSSR count). The summed E-state index contributed by atoms with van der Waals surface area (Å²) in [5.74, 6) is -0.356. The molecule has 0 radical (unpaired) electrons. The first-order chi connectivity index (χ1) is 9.31. The van der Waals surface area contributed by atoms with Crippen LogP contribution >= 0.6 is 15.9 Å². The molecule has 3 nitrogen and oxygen atoms in total. The average molecular weight is 355 g/mol. The minimum Gasteiger partial charge on any atom is -0.384 e. The molecule has 0 saturated heterocycles. The van der Waals surface area contributed by atoms with Gasteiger partial charge in [0.1, 0.15) is 5.60 Å². The number of aliphatic hydroxyl groups is 1. The Morgan fingerprint density at radius 3 is 2.15 bits per heavy atom. The Labute approximate surface area is 127 Å². The number of hydrogen-bond donors (Lipinski definition) is 1. The van der Waals surface area contributed by atoms with Gasteiger partial charge in [0.2, 0.25) is 0 Å². The van der Waals surface area contributed by atoms with Crippen molar-refractivity contribution in [2.24, 2.45) is 0 Å². The molecule has 0 saturated carbocycles. The average Bonchev–Trinajstić information content (AvgIpc) is 2.39. The molecular weight excluding hydrogens is 340 g/mol. The third-order valence-corrected chi connectivity index (χ3v) is 5.50. The molecule has 1 N–H and O–H groups in total. The summed E-state index contributed by atoms with van der Waals surface area (Å²) >= 11 is 3.27. The van der Waals surface area contributed by atoms with E-state index in [0.29, 0.717) is 5.56 Å². The van der Waals surface area contributed by atoms with Crippen LogP contribution in [0, 0.1) is 0 Å². The summed E-state index contributed by atoms with van der Waals surface area (Å²) in [6.45, 7) is 1.51. The predicted molar refractivity (Wildman–Crippen MR) is 82.2 cm³/mol. The van der Waals surface area contributed by atoms with Crippen molar-refractivity contribution in [1.29, 1.82) is 0 Å². The molecule has 0 spiro atoms. The second-order valence-corrected chi connectivity index (χ2v) is 7.76. The molecule has 5 heteroatoms. The summed E-state index contributed by atoms with van der Waals surface area (Å²) in [7, 11) is -3.55. The Balaban J connectivity index is 2.30. The molecule has 0 aliphatic heterocycles. The van der Waals surface area contributed by atoms with Gasteiger partial charge in [-0.25, -0.2) is 8.42 Å². The van der Waals surface area contributed by atoms with Gasteiger partial charge in [0, 0.05) is 4.47 Å². The fourth-order valence-electron chi connectivity index (χ4n) is 1.98. The molecule has 0 unspecified atom stereocenters. The summed E-state index contributed by atoms with van der Waals surface area (Å²) in [6, 6.07) is 15.2. The zero-order chi connectivity index (χ0) is 14.8. The van der Waals surface area contributed by atoms with E-state index < -0.39 is 15.4 Å². The summed E-state index contributed by atoms with van der Waals surface area (Å²) in [5.41, 5.74) is -0.839. The third kappa shape index (κ3) is 3.48. The first-order valence-electron chi connectivity index (χ1n) is 6.07. The van der Waals surface area contributed by atoms with Gasteiger partial charge in [0.25, 0.3) is 0 Å². The smallest absolute Gasteiger partial charge is 0.181 e. The lowest BCUT2D eigenvalue weighted by Crippen LogP contribution is -2.31. The van der Waals surface area contributed by atoms with E-state index in [9.17, 15) is 13.5 Å². The first-order valence-corrected chi connectivity index (χ1v) is 8.52. The molecule has 0 aliphatic rings. The van der Waals surface area contributed by atoms with Crippen LogP contribution in [0.5, 0.6) is 0 Å². The lowest BCUT2D eigenvalue weighted by Gasteiger charge is -2.23. The van der Waals surface area contributed by atoms with Crippen molar-refractivity contribution in [3.05, 3.63) is 64.6 Å². The molecule has 0 amide bonds. The first kappa shape index (κ1) is 15.2. The van der Waals surface area contributed by atoms with E-state index in [1.807, 2.05) is 6.07 Å². The molecule has 2 aromatic carbocycles. The van der Waals surface area contributed by atoms with Crippen molar-refractivity contribution in [3.63, 3.8) is 0 Å². The molecule has 1 atom stereocenters. The normalized spacial score (nSPS) is 14.8. The predicted octanol–water partition coefficient (Wildman–Crippen LogP) is 3.13. The fourth-order valence-corrected chi connectivity index (χ4v) is 3.86. The fraction of sp³-hybridized carbons (Fsp3) is 0.200. The molecule has 106 valence electrons. The molecular formula is C15H15BrO3S. The Bertz CT molecular complexity index is 677. The molecule has 0 aliphatic carbocycles. The van der Waals surface area contributed by atoms with E-state index in [-0.39, 0.29) is 10.6 Å². The van der Waals surface area contributed by atoms with Crippen LogP contribution in [-0.4, -0.2) is 19.3 Å². The van der Waals surface area contributed by atoms with Gasteiger partial charge in [0.15, 0.2) is 9.84 Å². The topological polar surface area (TPSA) is 54.4 Å². The highest BCUT2D eigenvalue weighted by molar-refractivity contribution is 9.10. The van der Waals surface area contributed by atoms with E-state index in [2.05, 4.69) is 15.9 Å². The quantitative estimate of drug-likeness (QED) is 0.917. The highest BCUT2D eigenvalue weighted by Crippen LogP contribution is 2.26. The minimum atomic E-state index is -3.55. The van der Waals surface area contributed by atoms with Crippen LogP contribution in [0.2, 0.25) is 0 Å². The van der Waals surface area contributed by atoms with Crippen molar-refractivity contribution in [3.8, 4) is 0 Å². The standard InChI is InChI=1S/C15H15BrO3S/c1-15(17,12-5-3-2-4-6-12)11-20(18,19)14-9-7-13(16)8-10-14/h2-10,17H,11H2,1H3/t15-/m1/s1. The lowest BCUT2D eigenvalue weighted by atomic mass is 9.99. The Kier molecular flexibility index (Phi) is 4.32. The van der Waals surface area contributed by atoms with E-state index in [0.717, 1.165) is 4.47 Å². The molecule has 0 heterocycles. The van der Waals surface area contributed by atoms with Crippen LogP contribution < -0.4 is 0 Å². The van der Waals surface area contributed by atoms with Gasteiger partial charge in [0.05, 0.1) is 10.6 Å².